The van der Waals surface area contributed by atoms with Gasteiger partial charge in [-0.15, -0.1) is 0 Å². The second-order valence-electron chi connectivity index (χ2n) is 4.53. The third-order valence-electron chi connectivity index (χ3n) is 2.54. The highest BCUT2D eigenvalue weighted by Crippen LogP contribution is 2.08. The molecule has 106 valence electrons. The molecule has 1 unspecified atom stereocenters. The molecule has 6 heteroatoms. The average molecular weight is 260 g/mol. The first-order chi connectivity index (χ1) is 8.46. The molecule has 6 nitrogen and oxygen atoms in total. The van der Waals surface area contributed by atoms with Crippen LogP contribution in [0, 0.1) is 5.92 Å². The van der Waals surface area contributed by atoms with Crippen molar-refractivity contribution < 1.29 is 19.1 Å². The van der Waals surface area contributed by atoms with Gasteiger partial charge in [0.05, 0.1) is 14.2 Å². The summed E-state index contributed by atoms with van der Waals surface area (Å²) in [6.07, 6.45) is 1.00. The van der Waals surface area contributed by atoms with Crippen molar-refractivity contribution in [2.75, 3.05) is 20.8 Å². The lowest BCUT2D eigenvalue weighted by atomic mass is 10.0. The third-order valence-corrected chi connectivity index (χ3v) is 2.54. The zero-order valence-electron chi connectivity index (χ0n) is 11.6. The molecule has 0 bridgehead atoms. The van der Waals surface area contributed by atoms with E-state index >= 15 is 0 Å². The van der Waals surface area contributed by atoms with Crippen LogP contribution in [-0.2, 0) is 19.1 Å². The summed E-state index contributed by atoms with van der Waals surface area (Å²) in [7, 11) is 2.64. The SMILES string of the molecule is COC(=O)C(CCN)N[C@@H](CC(C)C)C(=O)OC. The fraction of sp³-hybridized carbons (Fsp3) is 0.833. The summed E-state index contributed by atoms with van der Waals surface area (Å²) in [5.41, 5.74) is 5.44. The van der Waals surface area contributed by atoms with Crippen LogP contribution in [0.25, 0.3) is 0 Å². The number of rotatable bonds is 8. The Morgan fingerprint density at radius 1 is 1.11 bits per heavy atom. The predicted octanol–water partition coefficient (Wildman–Crippen LogP) is 0.0541. The Morgan fingerprint density at radius 3 is 2.00 bits per heavy atom. The standard InChI is InChI=1S/C12H24N2O4/c1-8(2)7-10(12(16)18-4)14-9(5-6-13)11(15)17-3/h8-10,14H,5-7,13H2,1-4H3/t9?,10-/m0/s1. The van der Waals surface area contributed by atoms with Gasteiger partial charge in [0.1, 0.15) is 12.1 Å². The smallest absolute Gasteiger partial charge is 0.322 e. The second-order valence-corrected chi connectivity index (χ2v) is 4.53. The van der Waals surface area contributed by atoms with E-state index in [1.807, 2.05) is 13.8 Å². The van der Waals surface area contributed by atoms with Crippen molar-refractivity contribution >= 4 is 11.9 Å². The van der Waals surface area contributed by atoms with Gasteiger partial charge in [-0.1, -0.05) is 13.8 Å². The van der Waals surface area contributed by atoms with Crippen LogP contribution in [0.5, 0.6) is 0 Å². The lowest BCUT2D eigenvalue weighted by Crippen LogP contribution is -2.49. The summed E-state index contributed by atoms with van der Waals surface area (Å²) in [5, 5.41) is 2.96. The highest BCUT2D eigenvalue weighted by molar-refractivity contribution is 5.79. The highest BCUT2D eigenvalue weighted by Gasteiger charge is 2.27. The van der Waals surface area contributed by atoms with Crippen LogP contribution >= 0.6 is 0 Å². The monoisotopic (exact) mass is 260 g/mol. The van der Waals surface area contributed by atoms with Crippen LogP contribution in [0.4, 0.5) is 0 Å². The van der Waals surface area contributed by atoms with Gasteiger partial charge in [0.15, 0.2) is 0 Å². The van der Waals surface area contributed by atoms with Crippen molar-refractivity contribution in [3.05, 3.63) is 0 Å². The largest absolute Gasteiger partial charge is 0.468 e. The summed E-state index contributed by atoms with van der Waals surface area (Å²) in [4.78, 5) is 23.2. The third kappa shape index (κ3) is 5.97. The van der Waals surface area contributed by atoms with E-state index in [9.17, 15) is 9.59 Å². The molecule has 0 aliphatic heterocycles. The van der Waals surface area contributed by atoms with E-state index in [0.29, 0.717) is 25.3 Å². The molecular weight excluding hydrogens is 236 g/mol. The normalized spacial score (nSPS) is 14.1. The molecule has 2 atom stereocenters. The van der Waals surface area contributed by atoms with Crippen molar-refractivity contribution in [1.82, 2.24) is 5.32 Å². The molecule has 0 aromatic carbocycles. The molecule has 0 saturated carbocycles. The Kier molecular flexibility index (Phi) is 8.32. The first-order valence-electron chi connectivity index (χ1n) is 6.08. The summed E-state index contributed by atoms with van der Waals surface area (Å²) in [6.45, 7) is 4.32. The molecule has 0 radical (unpaired) electrons. The number of hydrogen-bond acceptors (Lipinski definition) is 6. The van der Waals surface area contributed by atoms with Gasteiger partial charge in [-0.2, -0.15) is 0 Å². The van der Waals surface area contributed by atoms with Crippen LogP contribution < -0.4 is 11.1 Å². The van der Waals surface area contributed by atoms with Gasteiger partial charge in [-0.25, -0.2) is 0 Å². The lowest BCUT2D eigenvalue weighted by molar-refractivity contribution is -0.146. The van der Waals surface area contributed by atoms with Crippen LogP contribution in [0.3, 0.4) is 0 Å². The molecule has 0 heterocycles. The predicted molar refractivity (Wildman–Crippen MR) is 67.9 cm³/mol. The molecule has 0 fully saturated rings. The summed E-state index contributed by atoms with van der Waals surface area (Å²) in [5.74, 6) is -0.495. The van der Waals surface area contributed by atoms with Crippen LogP contribution in [0.2, 0.25) is 0 Å². The minimum Gasteiger partial charge on any atom is -0.468 e. The molecule has 18 heavy (non-hydrogen) atoms. The van der Waals surface area contributed by atoms with Crippen LogP contribution in [0.1, 0.15) is 26.7 Å². The molecule has 0 saturated heterocycles. The molecular formula is C12H24N2O4. The van der Waals surface area contributed by atoms with Crippen molar-refractivity contribution in [3.8, 4) is 0 Å². The molecule has 0 aliphatic rings. The van der Waals surface area contributed by atoms with Gasteiger partial charge in [0, 0.05) is 0 Å². The van der Waals surface area contributed by atoms with E-state index in [1.165, 1.54) is 14.2 Å². The molecule has 0 amide bonds. The topological polar surface area (TPSA) is 90.6 Å². The van der Waals surface area contributed by atoms with Gasteiger partial charge in [0.2, 0.25) is 0 Å². The Labute approximate surface area is 108 Å². The zero-order chi connectivity index (χ0) is 14.1. The van der Waals surface area contributed by atoms with Crippen LogP contribution in [-0.4, -0.2) is 44.8 Å². The maximum absolute atomic E-state index is 11.6. The second kappa shape index (κ2) is 8.88. The summed E-state index contributed by atoms with van der Waals surface area (Å²) >= 11 is 0. The number of carbonyl (C=O) groups excluding carboxylic acids is 2. The fourth-order valence-electron chi connectivity index (χ4n) is 1.67. The van der Waals surface area contributed by atoms with Crippen molar-refractivity contribution in [2.24, 2.45) is 11.7 Å². The summed E-state index contributed by atoms with van der Waals surface area (Å²) in [6, 6.07) is -1.10. The molecule has 0 rings (SSSR count). The minimum absolute atomic E-state index is 0.303. The van der Waals surface area contributed by atoms with Crippen LogP contribution in [0.15, 0.2) is 0 Å². The Balaban J connectivity index is 4.68. The van der Waals surface area contributed by atoms with E-state index < -0.39 is 18.1 Å². The number of nitrogens with one attached hydrogen (secondary N) is 1. The van der Waals surface area contributed by atoms with Gasteiger partial charge >= 0.3 is 11.9 Å². The molecule has 3 N–H and O–H groups in total. The maximum Gasteiger partial charge on any atom is 0.322 e. The van der Waals surface area contributed by atoms with E-state index in [4.69, 9.17) is 10.5 Å². The number of nitrogens with two attached hydrogens (primary N) is 1. The molecule has 0 aliphatic carbocycles. The van der Waals surface area contributed by atoms with Crippen molar-refractivity contribution in [1.29, 1.82) is 0 Å². The first kappa shape index (κ1) is 16.9. The quantitative estimate of drug-likeness (QED) is 0.599. The van der Waals surface area contributed by atoms with E-state index in [-0.39, 0.29) is 5.97 Å². The van der Waals surface area contributed by atoms with Gasteiger partial charge in [0.25, 0.3) is 0 Å². The zero-order valence-corrected chi connectivity index (χ0v) is 11.6. The number of ether oxygens (including phenoxy) is 2. The first-order valence-corrected chi connectivity index (χ1v) is 6.08. The van der Waals surface area contributed by atoms with Crippen molar-refractivity contribution in [2.45, 2.75) is 38.8 Å². The lowest BCUT2D eigenvalue weighted by Gasteiger charge is -2.23. The van der Waals surface area contributed by atoms with Gasteiger partial charge in [-0.05, 0) is 25.3 Å². The van der Waals surface area contributed by atoms with E-state index in [2.05, 4.69) is 10.1 Å². The maximum atomic E-state index is 11.6. The number of esters is 2. The molecule has 0 aromatic rings. The van der Waals surface area contributed by atoms with Crippen molar-refractivity contribution in [3.63, 3.8) is 0 Å². The molecule has 0 aromatic heterocycles. The van der Waals surface area contributed by atoms with Gasteiger partial charge in [-0.3, -0.25) is 14.9 Å². The Hall–Kier alpha value is -1.14. The molecule has 0 spiro atoms. The minimum atomic E-state index is -0.581. The Bertz CT molecular complexity index is 269. The van der Waals surface area contributed by atoms with Gasteiger partial charge < -0.3 is 15.2 Å². The summed E-state index contributed by atoms with van der Waals surface area (Å²) < 4.78 is 9.40. The number of carbonyl (C=O) groups is 2. The Morgan fingerprint density at radius 2 is 1.61 bits per heavy atom. The fourth-order valence-corrected chi connectivity index (χ4v) is 1.67. The van der Waals surface area contributed by atoms with E-state index in [1.54, 1.807) is 0 Å². The number of hydrogen-bond donors (Lipinski definition) is 2. The van der Waals surface area contributed by atoms with E-state index in [0.717, 1.165) is 0 Å². The average Bonchev–Trinajstić information content (AvgIpc) is 2.34. The number of methoxy groups -OCH3 is 2. The highest BCUT2D eigenvalue weighted by atomic mass is 16.5.